The van der Waals surface area contributed by atoms with Crippen LogP contribution in [0.2, 0.25) is 0 Å². The predicted octanol–water partition coefficient (Wildman–Crippen LogP) is 4.19. The second-order valence-electron chi connectivity index (χ2n) is 5.30. The predicted molar refractivity (Wildman–Crippen MR) is 85.7 cm³/mol. The quantitative estimate of drug-likeness (QED) is 0.897. The number of alkyl halides is 3. The number of nitrogens with zero attached hydrogens (tertiary/aromatic N) is 2. The van der Waals surface area contributed by atoms with Gasteiger partial charge in [-0.15, -0.1) is 0 Å². The number of benzene rings is 1. The molecule has 0 spiro atoms. The van der Waals surface area contributed by atoms with Crippen LogP contribution >= 0.6 is 0 Å². The Balaban J connectivity index is 2.39. The molecule has 2 N–H and O–H groups in total. The van der Waals surface area contributed by atoms with Crippen LogP contribution in [-0.2, 0) is 12.7 Å². The van der Waals surface area contributed by atoms with Gasteiger partial charge in [0.25, 0.3) is 0 Å². The van der Waals surface area contributed by atoms with Gasteiger partial charge in [0.05, 0.1) is 5.56 Å². The van der Waals surface area contributed by atoms with E-state index < -0.39 is 11.7 Å². The van der Waals surface area contributed by atoms with Gasteiger partial charge in [0, 0.05) is 18.3 Å². The highest BCUT2D eigenvalue weighted by Crippen LogP contribution is 2.32. The Morgan fingerprint density at radius 3 is 2.22 bits per heavy atom. The fraction of sp³-hybridized carbons (Fsp3) is 0.353. The van der Waals surface area contributed by atoms with Gasteiger partial charge in [0.15, 0.2) is 0 Å². The van der Waals surface area contributed by atoms with Crippen molar-refractivity contribution < 1.29 is 13.2 Å². The Morgan fingerprint density at radius 2 is 1.70 bits per heavy atom. The minimum absolute atomic E-state index is 0.405. The van der Waals surface area contributed by atoms with Crippen LogP contribution in [0.1, 0.15) is 25.0 Å². The molecule has 0 bridgehead atoms. The van der Waals surface area contributed by atoms with Crippen molar-refractivity contribution in [3.8, 4) is 11.1 Å². The molecule has 0 saturated carbocycles. The summed E-state index contributed by atoms with van der Waals surface area (Å²) in [6.45, 7) is 6.56. The zero-order chi connectivity index (χ0) is 17.0. The average molecular weight is 323 g/mol. The molecule has 0 saturated heterocycles. The minimum atomic E-state index is -4.33. The van der Waals surface area contributed by atoms with Crippen molar-refractivity contribution in [1.29, 1.82) is 0 Å². The molecule has 0 aliphatic carbocycles. The topological polar surface area (TPSA) is 42.1 Å². The van der Waals surface area contributed by atoms with Gasteiger partial charge in [-0.3, -0.25) is 4.90 Å². The third-order valence-corrected chi connectivity index (χ3v) is 3.82. The van der Waals surface area contributed by atoms with Gasteiger partial charge in [-0.2, -0.15) is 13.2 Å². The molecule has 0 atom stereocenters. The third kappa shape index (κ3) is 4.22. The first-order chi connectivity index (χ1) is 10.8. The molecule has 0 aliphatic heterocycles. The van der Waals surface area contributed by atoms with Crippen LogP contribution in [0.25, 0.3) is 11.1 Å². The van der Waals surface area contributed by atoms with E-state index in [0.29, 0.717) is 17.9 Å². The molecular weight excluding hydrogens is 303 g/mol. The fourth-order valence-corrected chi connectivity index (χ4v) is 2.43. The van der Waals surface area contributed by atoms with Crippen LogP contribution in [0.4, 0.5) is 19.0 Å². The molecule has 3 nitrogen and oxygen atoms in total. The number of halogens is 3. The molecule has 23 heavy (non-hydrogen) atoms. The largest absolute Gasteiger partial charge is 0.416 e. The smallest absolute Gasteiger partial charge is 0.384 e. The van der Waals surface area contributed by atoms with Gasteiger partial charge in [0.1, 0.15) is 5.82 Å². The Morgan fingerprint density at radius 1 is 1.09 bits per heavy atom. The molecule has 2 aromatic rings. The molecule has 1 heterocycles. The Kier molecular flexibility index (Phi) is 5.26. The van der Waals surface area contributed by atoms with E-state index in [-0.39, 0.29) is 0 Å². The number of nitrogens with two attached hydrogens (primary N) is 1. The number of hydrogen-bond donors (Lipinski definition) is 1. The summed E-state index contributed by atoms with van der Waals surface area (Å²) >= 11 is 0. The van der Waals surface area contributed by atoms with Crippen molar-refractivity contribution in [3.63, 3.8) is 0 Å². The molecule has 124 valence electrons. The standard InChI is InChI=1S/C17H20F3N3/c1-3-23(4-2)11-13-9-16(21)22-10-15(13)12-5-7-14(8-6-12)17(18,19)20/h5-10H,3-4,11H2,1-2H3,(H2,21,22). The Hall–Kier alpha value is -2.08. The van der Waals surface area contributed by atoms with Crippen LogP contribution in [0.3, 0.4) is 0 Å². The Labute approximate surface area is 133 Å². The van der Waals surface area contributed by atoms with E-state index in [0.717, 1.165) is 36.3 Å². The molecule has 0 unspecified atom stereocenters. The van der Waals surface area contributed by atoms with Crippen LogP contribution in [-0.4, -0.2) is 23.0 Å². The highest BCUT2D eigenvalue weighted by atomic mass is 19.4. The van der Waals surface area contributed by atoms with Gasteiger partial charge >= 0.3 is 6.18 Å². The van der Waals surface area contributed by atoms with E-state index in [1.807, 2.05) is 0 Å². The number of aromatic nitrogens is 1. The molecule has 0 fully saturated rings. The van der Waals surface area contributed by atoms with Crippen molar-refractivity contribution in [2.45, 2.75) is 26.6 Å². The summed E-state index contributed by atoms with van der Waals surface area (Å²) in [7, 11) is 0. The van der Waals surface area contributed by atoms with Crippen LogP contribution in [0, 0.1) is 0 Å². The van der Waals surface area contributed by atoms with E-state index in [4.69, 9.17) is 5.73 Å². The van der Waals surface area contributed by atoms with E-state index in [1.165, 1.54) is 12.1 Å². The zero-order valence-electron chi connectivity index (χ0n) is 13.2. The fourth-order valence-electron chi connectivity index (χ4n) is 2.43. The number of rotatable bonds is 5. The third-order valence-electron chi connectivity index (χ3n) is 3.82. The highest BCUT2D eigenvalue weighted by molar-refractivity contribution is 5.68. The molecule has 0 radical (unpaired) electrons. The SMILES string of the molecule is CCN(CC)Cc1cc(N)ncc1-c1ccc(C(F)(F)F)cc1. The van der Waals surface area contributed by atoms with Crippen LogP contribution < -0.4 is 5.73 Å². The number of hydrogen-bond acceptors (Lipinski definition) is 3. The second kappa shape index (κ2) is 7.00. The monoisotopic (exact) mass is 323 g/mol. The second-order valence-corrected chi connectivity index (χ2v) is 5.30. The zero-order valence-corrected chi connectivity index (χ0v) is 13.2. The van der Waals surface area contributed by atoms with Gasteiger partial charge in [-0.05, 0) is 42.4 Å². The summed E-state index contributed by atoms with van der Waals surface area (Å²) in [4.78, 5) is 6.29. The number of pyridine rings is 1. The van der Waals surface area contributed by atoms with Crippen molar-refractivity contribution >= 4 is 5.82 Å². The van der Waals surface area contributed by atoms with Crippen LogP contribution in [0.5, 0.6) is 0 Å². The van der Waals surface area contributed by atoms with Crippen molar-refractivity contribution in [1.82, 2.24) is 9.88 Å². The van der Waals surface area contributed by atoms with Crippen LogP contribution in [0.15, 0.2) is 36.5 Å². The van der Waals surface area contributed by atoms with Gasteiger partial charge < -0.3 is 5.73 Å². The summed E-state index contributed by atoms with van der Waals surface area (Å²) in [6.07, 6.45) is -2.71. The lowest BCUT2D eigenvalue weighted by Crippen LogP contribution is -2.22. The lowest BCUT2D eigenvalue weighted by atomic mass is 10.00. The summed E-state index contributed by atoms with van der Waals surface area (Å²) in [6, 6.07) is 6.91. The average Bonchev–Trinajstić information content (AvgIpc) is 2.52. The van der Waals surface area contributed by atoms with E-state index in [1.54, 1.807) is 12.3 Å². The normalized spacial score (nSPS) is 11.9. The lowest BCUT2D eigenvalue weighted by molar-refractivity contribution is -0.137. The first-order valence-corrected chi connectivity index (χ1v) is 7.49. The first kappa shape index (κ1) is 17.3. The van der Waals surface area contributed by atoms with Crippen molar-refractivity contribution in [3.05, 3.63) is 47.7 Å². The summed E-state index contributed by atoms with van der Waals surface area (Å²) in [5.41, 5.74) is 7.58. The Bertz CT molecular complexity index is 647. The summed E-state index contributed by atoms with van der Waals surface area (Å²) in [5.74, 6) is 0.405. The van der Waals surface area contributed by atoms with E-state index >= 15 is 0 Å². The number of anilines is 1. The molecule has 0 aliphatic rings. The highest BCUT2D eigenvalue weighted by Gasteiger charge is 2.30. The van der Waals surface area contributed by atoms with Crippen molar-refractivity contribution in [2.24, 2.45) is 0 Å². The maximum atomic E-state index is 12.7. The van der Waals surface area contributed by atoms with Gasteiger partial charge in [0.2, 0.25) is 0 Å². The molecule has 0 amide bonds. The molecule has 6 heteroatoms. The minimum Gasteiger partial charge on any atom is -0.384 e. The van der Waals surface area contributed by atoms with E-state index in [2.05, 4.69) is 23.7 Å². The number of nitrogen functional groups attached to an aromatic ring is 1. The molecule has 2 rings (SSSR count). The van der Waals surface area contributed by atoms with Gasteiger partial charge in [-0.1, -0.05) is 26.0 Å². The summed E-state index contributed by atoms with van der Waals surface area (Å²) < 4.78 is 38.0. The first-order valence-electron chi connectivity index (χ1n) is 7.49. The lowest BCUT2D eigenvalue weighted by Gasteiger charge is -2.20. The van der Waals surface area contributed by atoms with Gasteiger partial charge in [-0.25, -0.2) is 4.98 Å². The molecular formula is C17H20F3N3. The maximum Gasteiger partial charge on any atom is 0.416 e. The summed E-state index contributed by atoms with van der Waals surface area (Å²) in [5, 5.41) is 0. The maximum absolute atomic E-state index is 12.7. The molecule has 1 aromatic carbocycles. The van der Waals surface area contributed by atoms with Crippen molar-refractivity contribution in [2.75, 3.05) is 18.8 Å². The molecule has 1 aromatic heterocycles. The van der Waals surface area contributed by atoms with E-state index in [9.17, 15) is 13.2 Å².